The Balaban J connectivity index is 2.84. The van der Waals surface area contributed by atoms with Gasteiger partial charge in [-0.2, -0.15) is 11.8 Å². The summed E-state index contributed by atoms with van der Waals surface area (Å²) in [7, 11) is 0. The first-order valence-corrected chi connectivity index (χ1v) is 5.15. The molecule has 0 amide bonds. The van der Waals surface area contributed by atoms with Crippen LogP contribution in [0.4, 0.5) is 0 Å². The van der Waals surface area contributed by atoms with Crippen LogP contribution in [-0.2, 0) is 0 Å². The molecule has 0 heterocycles. The molecule has 0 saturated carbocycles. The van der Waals surface area contributed by atoms with Crippen molar-refractivity contribution < 1.29 is 0 Å². The van der Waals surface area contributed by atoms with Crippen molar-refractivity contribution in [3.63, 3.8) is 0 Å². The number of hydrogen-bond donors (Lipinski definition) is 1. The molecule has 0 aliphatic rings. The van der Waals surface area contributed by atoms with E-state index in [1.54, 1.807) is 0 Å². The van der Waals surface area contributed by atoms with Gasteiger partial charge in [-0.1, -0.05) is 23.8 Å². The zero-order valence-electron chi connectivity index (χ0n) is 6.55. The lowest BCUT2D eigenvalue weighted by molar-refractivity contribution is 0.807. The van der Waals surface area contributed by atoms with E-state index >= 15 is 0 Å². The molecule has 0 spiro atoms. The first-order valence-electron chi connectivity index (χ1n) is 3.56. The zero-order chi connectivity index (χ0) is 8.36. The minimum Gasteiger partial charge on any atom is -0.312 e. The van der Waals surface area contributed by atoms with Gasteiger partial charge in [-0.3, -0.25) is 0 Å². The molecule has 1 N–H and O–H groups in total. The van der Waals surface area contributed by atoms with Gasteiger partial charge >= 0.3 is 0 Å². The summed E-state index contributed by atoms with van der Waals surface area (Å²) < 4.78 is 0. The zero-order valence-corrected chi connectivity index (χ0v) is 8.13. The van der Waals surface area contributed by atoms with E-state index in [0.29, 0.717) is 0 Å². The van der Waals surface area contributed by atoms with Crippen LogP contribution in [0.25, 0.3) is 0 Å². The van der Waals surface area contributed by atoms with E-state index in [1.807, 2.05) is 23.9 Å². The predicted octanol–water partition coefficient (Wildman–Crippen LogP) is 2.25. The number of halogens is 1. The predicted molar refractivity (Wildman–Crippen MR) is 55.4 cm³/mol. The Morgan fingerprint density at radius 2 is 2.36 bits per heavy atom. The third-order valence-corrected chi connectivity index (χ3v) is 2.15. The Labute approximate surface area is 77.9 Å². The molecule has 0 radical (unpaired) electrons. The summed E-state index contributed by atoms with van der Waals surface area (Å²) >= 11 is 7.20. The molecule has 0 aromatic heterocycles. The molecule has 0 rings (SSSR count). The van der Waals surface area contributed by atoms with Gasteiger partial charge in [0.05, 0.1) is 0 Å². The second-order valence-electron chi connectivity index (χ2n) is 1.93. The van der Waals surface area contributed by atoms with Crippen LogP contribution in [0.3, 0.4) is 0 Å². The maximum atomic E-state index is 5.33. The molecule has 0 fully saturated rings. The number of thioether (sulfide) groups is 1. The molecular weight excluding hydrogens is 178 g/mol. The fraction of sp³-hybridized carbons (Fsp3) is 0.500. The van der Waals surface area contributed by atoms with E-state index < -0.39 is 0 Å². The van der Waals surface area contributed by atoms with Crippen LogP contribution in [-0.4, -0.2) is 24.6 Å². The number of nitrogens with one attached hydrogen (secondary N) is 1. The van der Waals surface area contributed by atoms with E-state index in [-0.39, 0.29) is 0 Å². The van der Waals surface area contributed by atoms with E-state index in [4.69, 9.17) is 11.6 Å². The molecule has 0 atom stereocenters. The van der Waals surface area contributed by atoms with Crippen LogP contribution in [0.5, 0.6) is 0 Å². The molecule has 0 aromatic carbocycles. The standard InChI is InChI=1S/C8H14ClNS/c1-2-7-11-8-6-10-5-3-4-9/h2-4,10H,1,5-8H2/b4-3+. The van der Waals surface area contributed by atoms with E-state index in [0.717, 1.165) is 24.6 Å². The summed E-state index contributed by atoms with van der Waals surface area (Å²) in [5.74, 6) is 2.16. The Morgan fingerprint density at radius 3 is 3.00 bits per heavy atom. The van der Waals surface area contributed by atoms with Crippen LogP contribution in [0.1, 0.15) is 0 Å². The third-order valence-electron chi connectivity index (χ3n) is 1.01. The van der Waals surface area contributed by atoms with Gasteiger partial charge in [0.1, 0.15) is 0 Å². The van der Waals surface area contributed by atoms with Crippen molar-refractivity contribution in [2.24, 2.45) is 0 Å². The smallest absolute Gasteiger partial charge is 0.0146 e. The summed E-state index contributed by atoms with van der Waals surface area (Å²) in [5.41, 5.74) is 1.53. The SMILES string of the molecule is C=CCSCCNC/C=C/Cl. The van der Waals surface area contributed by atoms with Crippen LogP contribution < -0.4 is 5.32 Å². The molecule has 0 aromatic rings. The van der Waals surface area contributed by atoms with Crippen molar-refractivity contribution in [2.45, 2.75) is 0 Å². The largest absolute Gasteiger partial charge is 0.312 e. The van der Waals surface area contributed by atoms with Gasteiger partial charge in [-0.15, -0.1) is 6.58 Å². The lowest BCUT2D eigenvalue weighted by Gasteiger charge is -1.98. The third kappa shape index (κ3) is 10.1. The van der Waals surface area contributed by atoms with Crippen molar-refractivity contribution in [1.29, 1.82) is 0 Å². The van der Waals surface area contributed by atoms with Crippen LogP contribution in [0, 0.1) is 0 Å². The van der Waals surface area contributed by atoms with Gasteiger partial charge in [-0.05, 0) is 0 Å². The van der Waals surface area contributed by atoms with Gasteiger partial charge < -0.3 is 5.32 Å². The molecule has 11 heavy (non-hydrogen) atoms. The van der Waals surface area contributed by atoms with E-state index in [2.05, 4.69) is 11.9 Å². The highest BCUT2D eigenvalue weighted by Gasteiger charge is 1.84. The minimum absolute atomic E-state index is 0.859. The highest BCUT2D eigenvalue weighted by atomic mass is 35.5. The van der Waals surface area contributed by atoms with Crippen molar-refractivity contribution in [2.75, 3.05) is 24.6 Å². The van der Waals surface area contributed by atoms with Crippen LogP contribution in [0.2, 0.25) is 0 Å². The average Bonchev–Trinajstić information content (AvgIpc) is 2.03. The van der Waals surface area contributed by atoms with Crippen LogP contribution >= 0.6 is 23.4 Å². The Kier molecular flexibility index (Phi) is 10.2. The second kappa shape index (κ2) is 10.1. The molecule has 0 aliphatic carbocycles. The van der Waals surface area contributed by atoms with Crippen LogP contribution in [0.15, 0.2) is 24.3 Å². The first-order chi connectivity index (χ1) is 5.41. The Morgan fingerprint density at radius 1 is 1.55 bits per heavy atom. The van der Waals surface area contributed by atoms with Gasteiger partial charge in [0.2, 0.25) is 0 Å². The quantitative estimate of drug-likeness (QED) is 0.490. The minimum atomic E-state index is 0.859. The monoisotopic (exact) mass is 191 g/mol. The number of rotatable bonds is 7. The molecule has 0 aliphatic heterocycles. The first kappa shape index (κ1) is 11.1. The van der Waals surface area contributed by atoms with Crippen molar-refractivity contribution in [1.82, 2.24) is 5.32 Å². The highest BCUT2D eigenvalue weighted by molar-refractivity contribution is 7.99. The summed E-state index contributed by atoms with van der Waals surface area (Å²) in [6.45, 7) is 5.52. The summed E-state index contributed by atoms with van der Waals surface area (Å²) in [4.78, 5) is 0. The molecule has 3 heteroatoms. The Hall–Kier alpha value is 0.0800. The van der Waals surface area contributed by atoms with E-state index in [9.17, 15) is 0 Å². The normalized spacial score (nSPS) is 10.6. The maximum Gasteiger partial charge on any atom is 0.0146 e. The van der Waals surface area contributed by atoms with Gasteiger partial charge in [0.15, 0.2) is 0 Å². The summed E-state index contributed by atoms with van der Waals surface area (Å²) in [6.07, 6.45) is 3.81. The fourth-order valence-electron chi connectivity index (χ4n) is 0.541. The van der Waals surface area contributed by atoms with E-state index in [1.165, 1.54) is 5.54 Å². The van der Waals surface area contributed by atoms with Gasteiger partial charge in [-0.25, -0.2) is 0 Å². The molecule has 0 bridgehead atoms. The molecular formula is C8H14ClNS. The number of hydrogen-bond acceptors (Lipinski definition) is 2. The lowest BCUT2D eigenvalue weighted by atomic mass is 10.6. The summed E-state index contributed by atoms with van der Waals surface area (Å²) in [5, 5.41) is 3.22. The topological polar surface area (TPSA) is 12.0 Å². The van der Waals surface area contributed by atoms with Gasteiger partial charge in [0.25, 0.3) is 0 Å². The van der Waals surface area contributed by atoms with Gasteiger partial charge in [0, 0.05) is 30.1 Å². The van der Waals surface area contributed by atoms with Crippen molar-refractivity contribution in [3.05, 3.63) is 24.3 Å². The van der Waals surface area contributed by atoms with Crippen molar-refractivity contribution >= 4 is 23.4 Å². The summed E-state index contributed by atoms with van der Waals surface area (Å²) in [6, 6.07) is 0. The molecule has 0 unspecified atom stereocenters. The average molecular weight is 192 g/mol. The molecule has 0 saturated heterocycles. The molecule has 1 nitrogen and oxygen atoms in total. The second-order valence-corrected chi connectivity index (χ2v) is 3.33. The fourth-order valence-corrected chi connectivity index (χ4v) is 1.25. The molecule has 64 valence electrons. The van der Waals surface area contributed by atoms with Crippen molar-refractivity contribution in [3.8, 4) is 0 Å². The maximum absolute atomic E-state index is 5.33. The Bertz CT molecular complexity index is 115. The lowest BCUT2D eigenvalue weighted by Crippen LogP contribution is -2.16. The highest BCUT2D eigenvalue weighted by Crippen LogP contribution is 1.96.